The van der Waals surface area contributed by atoms with Crippen molar-refractivity contribution in [2.24, 2.45) is 5.92 Å². The van der Waals surface area contributed by atoms with Gasteiger partial charge in [-0.3, -0.25) is 0 Å². The minimum Gasteiger partial charge on any atom is -0.158 e. The maximum absolute atomic E-state index is 2.31. The van der Waals surface area contributed by atoms with Gasteiger partial charge in [0.15, 0.2) is 0 Å². The smallest absolute Gasteiger partial charge is 0.00940 e. The van der Waals surface area contributed by atoms with Crippen molar-refractivity contribution in [2.75, 3.05) is 11.5 Å². The average Bonchev–Trinajstić information content (AvgIpc) is 2.67. The molecule has 0 spiro atoms. The summed E-state index contributed by atoms with van der Waals surface area (Å²) >= 11 is 4.53. The quantitative estimate of drug-likeness (QED) is 0.664. The van der Waals surface area contributed by atoms with E-state index < -0.39 is 0 Å². The maximum Gasteiger partial charge on any atom is 0.00940 e. The molecule has 0 aromatic heterocycles. The summed E-state index contributed by atoms with van der Waals surface area (Å²) < 4.78 is 0. The Hall–Kier alpha value is 0.700. The Bertz CT molecular complexity index is 170. The normalized spacial score (nSPS) is 37.1. The summed E-state index contributed by atoms with van der Waals surface area (Å²) in [5.74, 6) is 3.96. The van der Waals surface area contributed by atoms with Crippen LogP contribution in [0.25, 0.3) is 0 Å². The highest BCUT2D eigenvalue weighted by Crippen LogP contribution is 2.46. The lowest BCUT2D eigenvalue weighted by atomic mass is 9.92. The molecule has 0 amide bonds. The number of hydrogen-bond donors (Lipinski definition) is 0. The molecular formula is C12H22S2. The fourth-order valence-electron chi connectivity index (χ4n) is 2.74. The van der Waals surface area contributed by atoms with Crippen molar-refractivity contribution >= 4 is 23.5 Å². The van der Waals surface area contributed by atoms with Crippen LogP contribution in [0.15, 0.2) is 0 Å². The molecule has 2 aliphatic rings. The van der Waals surface area contributed by atoms with Crippen molar-refractivity contribution in [2.45, 2.75) is 55.9 Å². The number of thioether (sulfide) groups is 2. The van der Waals surface area contributed by atoms with E-state index in [1.54, 1.807) is 0 Å². The van der Waals surface area contributed by atoms with Crippen LogP contribution in [0.2, 0.25) is 0 Å². The van der Waals surface area contributed by atoms with Crippen molar-refractivity contribution in [3.8, 4) is 0 Å². The van der Waals surface area contributed by atoms with Gasteiger partial charge in [-0.25, -0.2) is 0 Å². The van der Waals surface area contributed by atoms with E-state index in [1.807, 2.05) is 0 Å². The van der Waals surface area contributed by atoms with Crippen molar-refractivity contribution in [1.82, 2.24) is 0 Å². The first-order valence-electron chi connectivity index (χ1n) is 6.15. The summed E-state index contributed by atoms with van der Waals surface area (Å²) in [6, 6.07) is 0. The zero-order valence-corrected chi connectivity index (χ0v) is 10.8. The van der Waals surface area contributed by atoms with Gasteiger partial charge in [-0.05, 0) is 36.7 Å². The van der Waals surface area contributed by atoms with Crippen LogP contribution in [0, 0.1) is 5.92 Å². The second-order valence-electron chi connectivity index (χ2n) is 4.56. The Kier molecular flexibility index (Phi) is 4.55. The first kappa shape index (κ1) is 11.2. The Morgan fingerprint density at radius 3 is 2.79 bits per heavy atom. The van der Waals surface area contributed by atoms with E-state index >= 15 is 0 Å². The molecule has 0 nitrogen and oxygen atoms in total. The molecule has 2 heteroatoms. The molecule has 82 valence electrons. The van der Waals surface area contributed by atoms with E-state index in [1.165, 1.54) is 50.0 Å². The first-order valence-corrected chi connectivity index (χ1v) is 8.24. The molecule has 0 aliphatic carbocycles. The Balaban J connectivity index is 1.78. The van der Waals surface area contributed by atoms with E-state index in [4.69, 9.17) is 0 Å². The molecule has 0 N–H and O–H groups in total. The molecule has 0 aromatic rings. The molecular weight excluding hydrogens is 208 g/mol. The minimum absolute atomic E-state index is 1.02. The zero-order valence-electron chi connectivity index (χ0n) is 9.21. The van der Waals surface area contributed by atoms with Gasteiger partial charge < -0.3 is 0 Å². The SMILES string of the molecule is CCCCC[C@@H]1SCC[C@@H]2SCC[C@@H]12. The van der Waals surface area contributed by atoms with Gasteiger partial charge in [0.05, 0.1) is 0 Å². The lowest BCUT2D eigenvalue weighted by Gasteiger charge is -2.32. The van der Waals surface area contributed by atoms with Gasteiger partial charge in [0.25, 0.3) is 0 Å². The Morgan fingerprint density at radius 1 is 1.07 bits per heavy atom. The van der Waals surface area contributed by atoms with Crippen LogP contribution in [0.3, 0.4) is 0 Å². The second-order valence-corrected chi connectivity index (χ2v) is 7.25. The van der Waals surface area contributed by atoms with E-state index in [9.17, 15) is 0 Å². The van der Waals surface area contributed by atoms with Crippen LogP contribution >= 0.6 is 23.5 Å². The third-order valence-corrected chi connectivity index (χ3v) is 6.53. The summed E-state index contributed by atoms with van der Waals surface area (Å²) in [7, 11) is 0. The molecule has 2 fully saturated rings. The highest BCUT2D eigenvalue weighted by molar-refractivity contribution is 8.01. The van der Waals surface area contributed by atoms with Gasteiger partial charge in [0.1, 0.15) is 0 Å². The third-order valence-electron chi connectivity index (χ3n) is 3.56. The predicted octanol–water partition coefficient (Wildman–Crippen LogP) is 4.19. The van der Waals surface area contributed by atoms with Crippen LogP contribution in [-0.2, 0) is 0 Å². The summed E-state index contributed by atoms with van der Waals surface area (Å²) in [6.45, 7) is 2.31. The van der Waals surface area contributed by atoms with Crippen molar-refractivity contribution in [3.63, 3.8) is 0 Å². The lowest BCUT2D eigenvalue weighted by molar-refractivity contribution is 0.442. The van der Waals surface area contributed by atoms with Crippen LogP contribution in [-0.4, -0.2) is 22.0 Å². The number of rotatable bonds is 4. The summed E-state index contributed by atoms with van der Waals surface area (Å²) in [6.07, 6.45) is 8.80. The van der Waals surface area contributed by atoms with E-state index in [2.05, 4.69) is 30.4 Å². The largest absolute Gasteiger partial charge is 0.158 e. The van der Waals surface area contributed by atoms with Gasteiger partial charge in [0, 0.05) is 10.5 Å². The van der Waals surface area contributed by atoms with Gasteiger partial charge in [-0.1, -0.05) is 26.2 Å². The van der Waals surface area contributed by atoms with Crippen LogP contribution in [0.4, 0.5) is 0 Å². The molecule has 3 atom stereocenters. The molecule has 0 bridgehead atoms. The van der Waals surface area contributed by atoms with Gasteiger partial charge in [-0.2, -0.15) is 23.5 Å². The first-order chi connectivity index (χ1) is 6.92. The highest BCUT2D eigenvalue weighted by atomic mass is 32.2. The van der Waals surface area contributed by atoms with Crippen molar-refractivity contribution in [3.05, 3.63) is 0 Å². The average molecular weight is 230 g/mol. The standard InChI is InChI=1S/C12H22S2/c1-2-3-4-5-11-10-6-8-13-12(10)7-9-14-11/h10-12H,2-9H2,1H3/t10-,11-,12-/m0/s1. The summed E-state index contributed by atoms with van der Waals surface area (Å²) in [4.78, 5) is 0. The number of fused-ring (bicyclic) bond motifs is 1. The Labute approximate surface area is 97.0 Å². The van der Waals surface area contributed by atoms with Crippen LogP contribution in [0.1, 0.15) is 45.4 Å². The predicted molar refractivity (Wildman–Crippen MR) is 69.4 cm³/mol. The molecule has 2 heterocycles. The van der Waals surface area contributed by atoms with Gasteiger partial charge in [-0.15, -0.1) is 0 Å². The van der Waals surface area contributed by atoms with E-state index in [-0.39, 0.29) is 0 Å². The summed E-state index contributed by atoms with van der Waals surface area (Å²) in [5, 5.41) is 2.07. The van der Waals surface area contributed by atoms with Crippen molar-refractivity contribution in [1.29, 1.82) is 0 Å². The van der Waals surface area contributed by atoms with Gasteiger partial charge >= 0.3 is 0 Å². The van der Waals surface area contributed by atoms with E-state index in [0.717, 1.165) is 16.4 Å². The summed E-state index contributed by atoms with van der Waals surface area (Å²) in [5.41, 5.74) is 0. The molecule has 2 aliphatic heterocycles. The van der Waals surface area contributed by atoms with Crippen LogP contribution < -0.4 is 0 Å². The van der Waals surface area contributed by atoms with E-state index in [0.29, 0.717) is 0 Å². The monoisotopic (exact) mass is 230 g/mol. The zero-order chi connectivity index (χ0) is 9.80. The molecule has 0 saturated carbocycles. The van der Waals surface area contributed by atoms with Gasteiger partial charge in [0.2, 0.25) is 0 Å². The molecule has 0 radical (unpaired) electrons. The fourth-order valence-corrected chi connectivity index (χ4v) is 6.16. The highest BCUT2D eigenvalue weighted by Gasteiger charge is 2.36. The second kappa shape index (κ2) is 5.69. The Morgan fingerprint density at radius 2 is 1.93 bits per heavy atom. The minimum atomic E-state index is 1.02. The molecule has 0 unspecified atom stereocenters. The number of unbranched alkanes of at least 4 members (excludes halogenated alkanes) is 2. The fraction of sp³-hybridized carbons (Fsp3) is 1.00. The topological polar surface area (TPSA) is 0 Å². The van der Waals surface area contributed by atoms with Crippen molar-refractivity contribution < 1.29 is 0 Å². The van der Waals surface area contributed by atoms with Crippen LogP contribution in [0.5, 0.6) is 0 Å². The third kappa shape index (κ3) is 2.63. The lowest BCUT2D eigenvalue weighted by Crippen LogP contribution is -2.29. The maximum atomic E-state index is 2.31. The molecule has 2 saturated heterocycles. The number of hydrogen-bond acceptors (Lipinski definition) is 2. The molecule has 14 heavy (non-hydrogen) atoms. The molecule has 2 rings (SSSR count). The molecule has 0 aromatic carbocycles.